The van der Waals surface area contributed by atoms with Gasteiger partial charge in [0.05, 0.1) is 30.4 Å². The Morgan fingerprint density at radius 1 is 1.22 bits per heavy atom. The summed E-state index contributed by atoms with van der Waals surface area (Å²) < 4.78 is 103. The van der Waals surface area contributed by atoms with Crippen molar-refractivity contribution in [1.29, 1.82) is 0 Å². The molecule has 2 heterocycles. The number of imidazole rings is 1. The van der Waals surface area contributed by atoms with Gasteiger partial charge in [0.25, 0.3) is 0 Å². The lowest BCUT2D eigenvalue weighted by molar-refractivity contribution is -0.140. The summed E-state index contributed by atoms with van der Waals surface area (Å²) in [5.74, 6) is 4.27. The number of fused-ring (bicyclic) bond motifs is 1. The van der Waals surface area contributed by atoms with Crippen LogP contribution in [0.1, 0.15) is 31.7 Å². The first-order valence-corrected chi connectivity index (χ1v) is 15.7. The van der Waals surface area contributed by atoms with E-state index in [9.17, 15) is 30.4 Å². The zero-order chi connectivity index (χ0) is 33.1. The number of methoxy groups -OCH3 is 1. The van der Waals surface area contributed by atoms with E-state index in [1.54, 1.807) is 26.0 Å². The van der Waals surface area contributed by atoms with Gasteiger partial charge in [0.1, 0.15) is 29.2 Å². The van der Waals surface area contributed by atoms with E-state index >= 15 is 0 Å². The summed E-state index contributed by atoms with van der Waals surface area (Å²) in [4.78, 5) is 5.70. The van der Waals surface area contributed by atoms with Crippen molar-refractivity contribution in [2.75, 3.05) is 46.2 Å². The van der Waals surface area contributed by atoms with Crippen LogP contribution in [0.15, 0.2) is 35.2 Å². The molecule has 9 nitrogen and oxygen atoms in total. The molecule has 45 heavy (non-hydrogen) atoms. The smallest absolute Gasteiger partial charge is 0.406 e. The van der Waals surface area contributed by atoms with Crippen molar-refractivity contribution < 1.29 is 35.1 Å². The molecule has 1 fully saturated rings. The molecular weight excluding hydrogens is 619 g/mol. The number of nitrogens with zero attached hydrogens (tertiary/aromatic N) is 4. The van der Waals surface area contributed by atoms with Crippen LogP contribution in [0.2, 0.25) is 0 Å². The predicted octanol–water partition coefficient (Wildman–Crippen LogP) is 4.37. The van der Waals surface area contributed by atoms with Gasteiger partial charge in [-0.3, -0.25) is 0 Å². The second-order valence-corrected chi connectivity index (χ2v) is 13.2. The fraction of sp³-hybridized carbons (Fsp3) is 0.500. The standard InChI is InChI=1S/C30H37F5N6O3S/c1-19(2)40(4)45(42,43)28-15-27(44-5)25(14-21(28)31)36-11-6-7-29-38-24-13-20(8-9-26(24)41(29)18-30(33,34)35)16-37-23-10-12-39(3)17-22(23)32/h8-9,13-15,19,22-23,36-37H,10-12,16-18H2,1-5H3. The second-order valence-electron chi connectivity index (χ2n) is 11.3. The predicted molar refractivity (Wildman–Crippen MR) is 162 cm³/mol. The maximum Gasteiger partial charge on any atom is 0.406 e. The number of anilines is 1. The number of nitrogens with one attached hydrogen (secondary N) is 2. The number of ether oxygens (including phenoxy) is 1. The SMILES string of the molecule is COc1cc(S(=O)(=O)N(C)C(C)C)c(F)cc1NCC#Cc1nc2cc(CNC3CCN(C)CC3F)ccc2n1CC(F)(F)F. The van der Waals surface area contributed by atoms with Crippen molar-refractivity contribution in [3.63, 3.8) is 0 Å². The number of aromatic nitrogens is 2. The summed E-state index contributed by atoms with van der Waals surface area (Å²) in [6.07, 6.45) is -4.92. The first kappa shape index (κ1) is 34.4. The maximum absolute atomic E-state index is 14.9. The maximum atomic E-state index is 14.9. The number of alkyl halides is 4. The van der Waals surface area contributed by atoms with Crippen LogP contribution < -0.4 is 15.4 Å². The zero-order valence-electron chi connectivity index (χ0n) is 25.7. The van der Waals surface area contributed by atoms with Gasteiger partial charge in [-0.1, -0.05) is 12.0 Å². The monoisotopic (exact) mass is 656 g/mol. The van der Waals surface area contributed by atoms with Crippen LogP contribution in [-0.2, 0) is 23.1 Å². The Hall–Kier alpha value is -3.45. The molecular formula is C30H37F5N6O3S. The molecule has 4 rings (SSSR count). The molecule has 0 radical (unpaired) electrons. The number of sulfonamides is 1. The highest BCUT2D eigenvalue weighted by molar-refractivity contribution is 7.89. The van der Waals surface area contributed by atoms with Crippen LogP contribution in [0.4, 0.5) is 27.6 Å². The summed E-state index contributed by atoms with van der Waals surface area (Å²) in [5, 5.41) is 6.02. The summed E-state index contributed by atoms with van der Waals surface area (Å²) in [7, 11) is 0.363. The van der Waals surface area contributed by atoms with Crippen molar-refractivity contribution in [1.82, 2.24) is 24.1 Å². The van der Waals surface area contributed by atoms with Crippen molar-refractivity contribution in [3.05, 3.63) is 47.5 Å². The third-order valence-electron chi connectivity index (χ3n) is 7.67. The van der Waals surface area contributed by atoms with Gasteiger partial charge in [-0.2, -0.15) is 17.5 Å². The lowest BCUT2D eigenvalue weighted by Gasteiger charge is -2.32. The second kappa shape index (κ2) is 13.9. The number of hydrogen-bond acceptors (Lipinski definition) is 7. The van der Waals surface area contributed by atoms with Crippen LogP contribution in [0.5, 0.6) is 5.75 Å². The Morgan fingerprint density at radius 2 is 1.96 bits per heavy atom. The summed E-state index contributed by atoms with van der Waals surface area (Å²) in [6.45, 7) is 3.28. The van der Waals surface area contributed by atoms with Gasteiger partial charge in [0, 0.05) is 44.4 Å². The molecule has 0 spiro atoms. The Bertz CT molecular complexity index is 1680. The fourth-order valence-corrected chi connectivity index (χ4v) is 6.42. The third kappa shape index (κ3) is 8.23. The summed E-state index contributed by atoms with van der Waals surface area (Å²) in [6, 6.07) is 6.17. The molecule has 0 bridgehead atoms. The van der Waals surface area contributed by atoms with E-state index in [1.807, 2.05) is 11.9 Å². The van der Waals surface area contributed by atoms with Crippen molar-refractivity contribution in [2.45, 2.75) is 62.7 Å². The molecule has 2 aromatic carbocycles. The minimum absolute atomic E-state index is 0.0405. The highest BCUT2D eigenvalue weighted by Crippen LogP contribution is 2.32. The van der Waals surface area contributed by atoms with E-state index in [1.165, 1.54) is 20.2 Å². The van der Waals surface area contributed by atoms with Crippen molar-refractivity contribution in [2.24, 2.45) is 0 Å². The minimum Gasteiger partial charge on any atom is -0.495 e. The normalized spacial score (nSPS) is 18.0. The lowest BCUT2D eigenvalue weighted by atomic mass is 10.0. The quantitative estimate of drug-likeness (QED) is 0.248. The Balaban J connectivity index is 1.54. The number of benzene rings is 2. The van der Waals surface area contributed by atoms with E-state index < -0.39 is 45.7 Å². The van der Waals surface area contributed by atoms with Gasteiger partial charge < -0.3 is 24.8 Å². The number of rotatable bonds is 10. The third-order valence-corrected chi connectivity index (χ3v) is 9.72. The molecule has 15 heteroatoms. The van der Waals surface area contributed by atoms with E-state index in [-0.39, 0.29) is 35.4 Å². The Kier molecular flexibility index (Phi) is 10.6. The zero-order valence-corrected chi connectivity index (χ0v) is 26.5. The molecule has 2 atom stereocenters. The molecule has 0 saturated carbocycles. The topological polar surface area (TPSA) is 91.7 Å². The highest BCUT2D eigenvalue weighted by atomic mass is 32.2. The average molecular weight is 657 g/mol. The molecule has 0 aliphatic carbocycles. The fourth-order valence-electron chi connectivity index (χ4n) is 4.99. The van der Waals surface area contributed by atoms with Gasteiger partial charge in [0.15, 0.2) is 5.82 Å². The number of piperidine rings is 1. The van der Waals surface area contributed by atoms with E-state index in [0.29, 0.717) is 25.0 Å². The largest absolute Gasteiger partial charge is 0.495 e. The lowest BCUT2D eigenvalue weighted by Crippen LogP contribution is -2.49. The molecule has 1 aliphatic heterocycles. The van der Waals surface area contributed by atoms with Crippen molar-refractivity contribution in [3.8, 4) is 17.6 Å². The van der Waals surface area contributed by atoms with E-state index in [2.05, 4.69) is 27.5 Å². The van der Waals surface area contributed by atoms with Gasteiger partial charge >= 0.3 is 6.18 Å². The van der Waals surface area contributed by atoms with E-state index in [0.717, 1.165) is 33.1 Å². The van der Waals surface area contributed by atoms with Crippen LogP contribution in [0.3, 0.4) is 0 Å². The molecule has 0 amide bonds. The molecule has 1 saturated heterocycles. The van der Waals surface area contributed by atoms with Crippen LogP contribution in [0.25, 0.3) is 11.0 Å². The summed E-state index contributed by atoms with van der Waals surface area (Å²) >= 11 is 0. The van der Waals surface area contributed by atoms with Crippen molar-refractivity contribution >= 4 is 26.7 Å². The number of hydrogen-bond donors (Lipinski definition) is 2. The highest BCUT2D eigenvalue weighted by Gasteiger charge is 2.31. The Labute approximate surface area is 259 Å². The van der Waals surface area contributed by atoms with Gasteiger partial charge in [-0.25, -0.2) is 22.2 Å². The number of halogens is 5. The Morgan fingerprint density at radius 3 is 2.60 bits per heavy atom. The van der Waals surface area contributed by atoms with Gasteiger partial charge in [-0.15, -0.1) is 0 Å². The van der Waals surface area contributed by atoms with Gasteiger partial charge in [0.2, 0.25) is 10.0 Å². The molecule has 246 valence electrons. The molecule has 3 aromatic rings. The summed E-state index contributed by atoms with van der Waals surface area (Å²) in [5.41, 5.74) is 1.40. The first-order chi connectivity index (χ1) is 21.1. The van der Waals surface area contributed by atoms with Crippen LogP contribution in [0, 0.1) is 17.7 Å². The van der Waals surface area contributed by atoms with Crippen LogP contribution >= 0.6 is 0 Å². The molecule has 2 unspecified atom stereocenters. The van der Waals surface area contributed by atoms with Gasteiger partial charge in [-0.05, 0) is 57.5 Å². The molecule has 1 aromatic heterocycles. The molecule has 2 N–H and O–H groups in total. The average Bonchev–Trinajstić information content (AvgIpc) is 3.29. The first-order valence-electron chi connectivity index (χ1n) is 14.3. The minimum atomic E-state index is -4.54. The van der Waals surface area contributed by atoms with E-state index in [4.69, 9.17) is 4.74 Å². The van der Waals surface area contributed by atoms with Crippen LogP contribution in [-0.4, -0.2) is 92.4 Å². The number of likely N-dealkylation sites (tertiary alicyclic amines) is 1. The molecule has 1 aliphatic rings.